The van der Waals surface area contributed by atoms with Crippen LogP contribution in [0.2, 0.25) is 0 Å². The minimum atomic E-state index is -0.167. The second-order valence-corrected chi connectivity index (χ2v) is 7.23. The maximum atomic E-state index is 12.6. The summed E-state index contributed by atoms with van der Waals surface area (Å²) in [5.41, 5.74) is 1.43. The first-order chi connectivity index (χ1) is 14.0. The van der Waals surface area contributed by atoms with Gasteiger partial charge < -0.3 is 9.32 Å². The average molecular weight is 389 g/mol. The van der Waals surface area contributed by atoms with Crippen LogP contribution in [0.1, 0.15) is 31.6 Å². The van der Waals surface area contributed by atoms with E-state index in [1.807, 2.05) is 55.5 Å². The van der Waals surface area contributed by atoms with E-state index in [0.717, 1.165) is 16.7 Å². The molecule has 1 atom stereocenters. The molecule has 0 bridgehead atoms. The van der Waals surface area contributed by atoms with Crippen molar-refractivity contribution in [3.8, 4) is 0 Å². The fourth-order valence-electron chi connectivity index (χ4n) is 3.46. The van der Waals surface area contributed by atoms with Gasteiger partial charge in [-0.05, 0) is 37.6 Å². The van der Waals surface area contributed by atoms with Gasteiger partial charge in [-0.3, -0.25) is 14.2 Å². The highest BCUT2D eigenvalue weighted by Crippen LogP contribution is 2.27. The first kappa shape index (κ1) is 18.9. The fraction of sp³-hybridized carbons (Fsp3) is 0.261. The largest absolute Gasteiger partial charge is 0.459 e. The van der Waals surface area contributed by atoms with E-state index >= 15 is 0 Å². The van der Waals surface area contributed by atoms with Crippen LogP contribution < -0.4 is 5.56 Å². The number of rotatable bonds is 6. The second-order valence-electron chi connectivity index (χ2n) is 7.23. The molecule has 29 heavy (non-hydrogen) atoms. The molecule has 0 spiro atoms. The van der Waals surface area contributed by atoms with Crippen molar-refractivity contribution in [1.29, 1.82) is 0 Å². The average Bonchev–Trinajstić information content (AvgIpc) is 3.18. The Morgan fingerprint density at radius 3 is 2.76 bits per heavy atom. The number of carbonyl (C=O) groups excluding carboxylic acids is 1. The number of fused-ring (bicyclic) bond motifs is 2. The smallest absolute Gasteiger partial charge is 0.261 e. The molecule has 0 aliphatic heterocycles. The van der Waals surface area contributed by atoms with Crippen molar-refractivity contribution in [2.75, 3.05) is 7.05 Å². The van der Waals surface area contributed by atoms with Gasteiger partial charge in [0.2, 0.25) is 5.91 Å². The molecule has 0 fully saturated rings. The number of aryl methyl sites for hydroxylation is 1. The Bertz CT molecular complexity index is 1190. The van der Waals surface area contributed by atoms with Crippen molar-refractivity contribution in [3.63, 3.8) is 0 Å². The van der Waals surface area contributed by atoms with Gasteiger partial charge >= 0.3 is 0 Å². The quantitative estimate of drug-likeness (QED) is 0.497. The van der Waals surface area contributed by atoms with Gasteiger partial charge in [-0.2, -0.15) is 0 Å². The van der Waals surface area contributed by atoms with E-state index in [2.05, 4.69) is 4.98 Å². The first-order valence-electron chi connectivity index (χ1n) is 9.73. The number of aromatic nitrogens is 2. The van der Waals surface area contributed by atoms with Crippen molar-refractivity contribution < 1.29 is 9.21 Å². The lowest BCUT2D eigenvalue weighted by atomic mass is 10.1. The predicted molar refractivity (Wildman–Crippen MR) is 113 cm³/mol. The van der Waals surface area contributed by atoms with Gasteiger partial charge in [-0.15, -0.1) is 0 Å². The summed E-state index contributed by atoms with van der Waals surface area (Å²) in [5.74, 6) is 0.775. The molecular formula is C23H23N3O3. The molecule has 2 aromatic carbocycles. The second kappa shape index (κ2) is 7.91. The molecule has 0 aliphatic rings. The van der Waals surface area contributed by atoms with Gasteiger partial charge in [-0.1, -0.05) is 30.3 Å². The van der Waals surface area contributed by atoms with E-state index in [4.69, 9.17) is 4.42 Å². The molecule has 1 amide bonds. The monoisotopic (exact) mass is 389 g/mol. The maximum Gasteiger partial charge on any atom is 0.261 e. The Labute approximate surface area is 168 Å². The number of hydrogen-bond acceptors (Lipinski definition) is 4. The molecule has 4 rings (SSSR count). The number of hydrogen-bond donors (Lipinski definition) is 0. The van der Waals surface area contributed by atoms with E-state index in [-0.39, 0.29) is 17.5 Å². The van der Waals surface area contributed by atoms with Crippen LogP contribution in [0.25, 0.3) is 21.9 Å². The zero-order valence-corrected chi connectivity index (χ0v) is 16.5. The minimum absolute atomic E-state index is 0.0137. The van der Waals surface area contributed by atoms with Gasteiger partial charge in [-0.25, -0.2) is 4.98 Å². The van der Waals surface area contributed by atoms with Crippen molar-refractivity contribution in [3.05, 3.63) is 77.0 Å². The number of para-hydroxylation sites is 2. The molecule has 148 valence electrons. The van der Waals surface area contributed by atoms with E-state index in [1.54, 1.807) is 28.9 Å². The van der Waals surface area contributed by atoms with Gasteiger partial charge in [0.05, 0.1) is 23.3 Å². The van der Waals surface area contributed by atoms with Crippen LogP contribution >= 0.6 is 0 Å². The third-order valence-corrected chi connectivity index (χ3v) is 5.35. The van der Waals surface area contributed by atoms with Crippen LogP contribution in [0.3, 0.4) is 0 Å². The summed E-state index contributed by atoms with van der Waals surface area (Å²) < 4.78 is 7.45. The summed E-state index contributed by atoms with van der Waals surface area (Å²) in [6, 6.07) is 16.9. The van der Waals surface area contributed by atoms with E-state index in [9.17, 15) is 9.59 Å². The summed E-state index contributed by atoms with van der Waals surface area (Å²) in [6.45, 7) is 2.41. The molecule has 6 nitrogen and oxygen atoms in total. The van der Waals surface area contributed by atoms with Gasteiger partial charge in [0.1, 0.15) is 11.3 Å². The lowest BCUT2D eigenvalue weighted by Crippen LogP contribution is -2.29. The summed E-state index contributed by atoms with van der Waals surface area (Å²) in [6.07, 6.45) is 2.46. The molecule has 2 aromatic heterocycles. The van der Waals surface area contributed by atoms with Gasteiger partial charge in [0, 0.05) is 25.4 Å². The summed E-state index contributed by atoms with van der Waals surface area (Å²) >= 11 is 0. The van der Waals surface area contributed by atoms with E-state index in [0.29, 0.717) is 30.3 Å². The number of carbonyl (C=O) groups is 1. The maximum absolute atomic E-state index is 12.6. The highest BCUT2D eigenvalue weighted by atomic mass is 16.3. The van der Waals surface area contributed by atoms with Crippen LogP contribution in [0.15, 0.2) is 70.1 Å². The Balaban J connectivity index is 1.39. The van der Waals surface area contributed by atoms with Crippen LogP contribution in [0.4, 0.5) is 0 Å². The van der Waals surface area contributed by atoms with Gasteiger partial charge in [0.25, 0.3) is 5.56 Å². The summed E-state index contributed by atoms with van der Waals surface area (Å²) in [7, 11) is 1.78. The van der Waals surface area contributed by atoms with Crippen molar-refractivity contribution in [1.82, 2.24) is 14.5 Å². The highest BCUT2D eigenvalue weighted by molar-refractivity contribution is 5.79. The van der Waals surface area contributed by atoms with Crippen LogP contribution in [0, 0.1) is 0 Å². The van der Waals surface area contributed by atoms with Gasteiger partial charge in [0.15, 0.2) is 0 Å². The number of amides is 1. The molecule has 0 N–H and O–H groups in total. The van der Waals surface area contributed by atoms with Crippen molar-refractivity contribution in [2.24, 2.45) is 0 Å². The zero-order chi connectivity index (χ0) is 20.4. The molecule has 1 unspecified atom stereocenters. The molecule has 4 aromatic rings. The highest BCUT2D eigenvalue weighted by Gasteiger charge is 2.20. The Kier molecular flexibility index (Phi) is 5.16. The SMILES string of the molecule is CC(c1cc2ccccc2o1)N(C)C(=O)CCCn1cnc2ccccc2c1=O. The molecule has 0 radical (unpaired) electrons. The lowest BCUT2D eigenvalue weighted by molar-refractivity contribution is -0.132. The summed E-state index contributed by atoms with van der Waals surface area (Å²) in [5, 5.41) is 1.62. The summed E-state index contributed by atoms with van der Waals surface area (Å²) in [4.78, 5) is 31.2. The standard InChI is InChI=1S/C23H23N3O3/c1-16(21-14-17-8-3-6-11-20(17)29-21)25(2)22(27)12-7-13-26-15-24-19-10-5-4-9-18(19)23(26)28/h3-6,8-11,14-16H,7,12-13H2,1-2H3. The predicted octanol–water partition coefficient (Wildman–Crippen LogP) is 4.14. The minimum Gasteiger partial charge on any atom is -0.459 e. The lowest BCUT2D eigenvalue weighted by Gasteiger charge is -2.23. The number of benzene rings is 2. The zero-order valence-electron chi connectivity index (χ0n) is 16.5. The van der Waals surface area contributed by atoms with Crippen molar-refractivity contribution >= 4 is 27.8 Å². The van der Waals surface area contributed by atoms with Crippen LogP contribution in [-0.2, 0) is 11.3 Å². The topological polar surface area (TPSA) is 68.3 Å². The first-order valence-corrected chi connectivity index (χ1v) is 9.73. The number of nitrogens with zero attached hydrogens (tertiary/aromatic N) is 3. The normalized spacial score (nSPS) is 12.3. The Morgan fingerprint density at radius 1 is 1.17 bits per heavy atom. The molecular weight excluding hydrogens is 366 g/mol. The molecule has 0 saturated carbocycles. The fourth-order valence-corrected chi connectivity index (χ4v) is 3.46. The molecule has 0 saturated heterocycles. The third kappa shape index (κ3) is 3.78. The number of furan rings is 1. The molecule has 6 heteroatoms. The third-order valence-electron chi connectivity index (χ3n) is 5.35. The Hall–Kier alpha value is -3.41. The molecule has 2 heterocycles. The van der Waals surface area contributed by atoms with E-state index < -0.39 is 0 Å². The Morgan fingerprint density at radius 2 is 1.93 bits per heavy atom. The van der Waals surface area contributed by atoms with Crippen LogP contribution in [0.5, 0.6) is 0 Å². The molecule has 0 aliphatic carbocycles. The van der Waals surface area contributed by atoms with Crippen molar-refractivity contribution in [2.45, 2.75) is 32.4 Å². The van der Waals surface area contributed by atoms with E-state index in [1.165, 1.54) is 0 Å². The van der Waals surface area contributed by atoms with Crippen LogP contribution in [-0.4, -0.2) is 27.4 Å².